The highest BCUT2D eigenvalue weighted by molar-refractivity contribution is 6.33. The highest BCUT2D eigenvalue weighted by Gasteiger charge is 2.25. The van der Waals surface area contributed by atoms with Gasteiger partial charge in [-0.3, -0.25) is 5.32 Å². The van der Waals surface area contributed by atoms with Crippen LogP contribution in [-0.2, 0) is 9.47 Å². The summed E-state index contributed by atoms with van der Waals surface area (Å²) in [5, 5.41) is 3.10. The van der Waals surface area contributed by atoms with Gasteiger partial charge in [0.05, 0.1) is 17.3 Å². The van der Waals surface area contributed by atoms with E-state index in [9.17, 15) is 4.79 Å². The number of rotatable bonds is 2. The molecule has 2 rings (SSSR count). The van der Waals surface area contributed by atoms with Crippen LogP contribution in [-0.4, -0.2) is 18.3 Å². The lowest BCUT2D eigenvalue weighted by Gasteiger charge is -2.20. The van der Waals surface area contributed by atoms with E-state index in [1.54, 1.807) is 12.1 Å². The average molecular weight is 270 g/mol. The fourth-order valence-corrected chi connectivity index (χ4v) is 1.72. The first-order valence-electron chi connectivity index (χ1n) is 5.76. The van der Waals surface area contributed by atoms with E-state index >= 15 is 0 Å². The highest BCUT2D eigenvalue weighted by Crippen LogP contribution is 2.33. The van der Waals surface area contributed by atoms with Gasteiger partial charge in [0.2, 0.25) is 0 Å². The van der Waals surface area contributed by atoms with E-state index in [2.05, 4.69) is 5.32 Å². The van der Waals surface area contributed by atoms with E-state index in [0.717, 1.165) is 12.2 Å². The molecule has 1 aliphatic heterocycles. The van der Waals surface area contributed by atoms with Gasteiger partial charge >= 0.3 is 6.09 Å². The van der Waals surface area contributed by atoms with Crippen LogP contribution in [0.5, 0.6) is 0 Å². The van der Waals surface area contributed by atoms with Crippen LogP contribution in [0.15, 0.2) is 18.2 Å². The van der Waals surface area contributed by atoms with Gasteiger partial charge in [0.25, 0.3) is 0 Å². The van der Waals surface area contributed by atoms with Crippen LogP contribution in [0.3, 0.4) is 0 Å². The largest absolute Gasteiger partial charge is 0.444 e. The van der Waals surface area contributed by atoms with Crippen LogP contribution in [0.1, 0.15) is 32.4 Å². The fraction of sp³-hybridized carbons (Fsp3) is 0.462. The van der Waals surface area contributed by atoms with Gasteiger partial charge in [-0.2, -0.15) is 0 Å². The minimum Gasteiger partial charge on any atom is -0.444 e. The van der Waals surface area contributed by atoms with Gasteiger partial charge in [0.15, 0.2) is 0 Å². The zero-order chi connectivity index (χ0) is 13.3. The number of hydrogen-bond acceptors (Lipinski definition) is 3. The molecule has 0 saturated carbocycles. The van der Waals surface area contributed by atoms with Crippen LogP contribution in [0.4, 0.5) is 10.5 Å². The summed E-state index contributed by atoms with van der Waals surface area (Å²) in [6.07, 6.45) is -0.363. The first-order valence-corrected chi connectivity index (χ1v) is 6.14. The molecular formula is C13H16ClNO3. The van der Waals surface area contributed by atoms with Crippen LogP contribution < -0.4 is 5.32 Å². The molecule has 5 heteroatoms. The molecule has 1 fully saturated rings. The zero-order valence-electron chi connectivity index (χ0n) is 10.6. The standard InChI is InChI=1S/C13H16ClNO3/c1-13(2,3)18-12(16)15-10-5-4-8(6-9(10)14)11-7-17-11/h4-6,11H,7H2,1-3H3,(H,15,16)/t11-/m0/s1. The lowest BCUT2D eigenvalue weighted by molar-refractivity contribution is 0.0636. The van der Waals surface area contributed by atoms with Crippen molar-refractivity contribution in [2.24, 2.45) is 0 Å². The zero-order valence-corrected chi connectivity index (χ0v) is 11.4. The summed E-state index contributed by atoms with van der Waals surface area (Å²) in [4.78, 5) is 11.6. The first kappa shape index (κ1) is 13.2. The molecule has 98 valence electrons. The first-order chi connectivity index (χ1) is 8.35. The molecule has 1 aromatic carbocycles. The minimum absolute atomic E-state index is 0.151. The minimum atomic E-state index is -0.529. The van der Waals surface area contributed by atoms with Gasteiger partial charge in [-0.05, 0) is 38.5 Å². The summed E-state index contributed by atoms with van der Waals surface area (Å²) in [7, 11) is 0. The predicted octanol–water partition coefficient (Wildman–Crippen LogP) is 3.76. The number of hydrogen-bond donors (Lipinski definition) is 1. The molecule has 1 aromatic rings. The van der Waals surface area contributed by atoms with Crippen LogP contribution in [0.25, 0.3) is 0 Å². The van der Waals surface area contributed by atoms with Crippen molar-refractivity contribution in [3.05, 3.63) is 28.8 Å². The summed E-state index contributed by atoms with van der Waals surface area (Å²) >= 11 is 6.09. The topological polar surface area (TPSA) is 50.9 Å². The highest BCUT2D eigenvalue weighted by atomic mass is 35.5. The number of carbonyl (C=O) groups excluding carboxylic acids is 1. The van der Waals surface area contributed by atoms with E-state index in [-0.39, 0.29) is 6.10 Å². The number of nitrogens with one attached hydrogen (secondary N) is 1. The Bertz CT molecular complexity index is 464. The van der Waals surface area contributed by atoms with Gasteiger partial charge in [-0.15, -0.1) is 0 Å². The maximum atomic E-state index is 11.6. The van der Waals surface area contributed by atoms with Crippen molar-refractivity contribution in [2.45, 2.75) is 32.5 Å². The molecule has 0 unspecified atom stereocenters. The smallest absolute Gasteiger partial charge is 0.412 e. The van der Waals surface area contributed by atoms with E-state index in [1.807, 2.05) is 26.8 Å². The number of amides is 1. The molecule has 18 heavy (non-hydrogen) atoms. The Morgan fingerprint density at radius 2 is 2.17 bits per heavy atom. The Hall–Kier alpha value is -1.26. The van der Waals surface area contributed by atoms with Crippen LogP contribution in [0, 0.1) is 0 Å². The summed E-state index contributed by atoms with van der Waals surface area (Å²) in [5.74, 6) is 0. The molecule has 0 aromatic heterocycles. The lowest BCUT2D eigenvalue weighted by atomic mass is 10.1. The number of halogens is 1. The third-order valence-electron chi connectivity index (χ3n) is 2.33. The Balaban J connectivity index is 2.03. The molecule has 4 nitrogen and oxygen atoms in total. The van der Waals surface area contributed by atoms with E-state index < -0.39 is 11.7 Å². The molecule has 0 bridgehead atoms. The summed E-state index contributed by atoms with van der Waals surface area (Å²) in [6.45, 7) is 6.15. The second kappa shape index (κ2) is 4.78. The Morgan fingerprint density at radius 1 is 1.50 bits per heavy atom. The second-order valence-electron chi connectivity index (χ2n) is 5.19. The average Bonchev–Trinajstić information content (AvgIpc) is 3.01. The number of benzene rings is 1. The summed E-state index contributed by atoms with van der Waals surface area (Å²) in [6, 6.07) is 5.44. The second-order valence-corrected chi connectivity index (χ2v) is 5.60. The summed E-state index contributed by atoms with van der Waals surface area (Å²) in [5.41, 5.74) is 1.03. The predicted molar refractivity (Wildman–Crippen MR) is 70.0 cm³/mol. The SMILES string of the molecule is CC(C)(C)OC(=O)Nc1ccc([C@@H]2CO2)cc1Cl. The Morgan fingerprint density at radius 3 is 2.67 bits per heavy atom. The molecule has 1 saturated heterocycles. The number of epoxide rings is 1. The Kier molecular flexibility index (Phi) is 3.50. The third-order valence-corrected chi connectivity index (χ3v) is 2.65. The molecule has 0 aliphatic carbocycles. The quantitative estimate of drug-likeness (QED) is 0.832. The van der Waals surface area contributed by atoms with Gasteiger partial charge in [0.1, 0.15) is 11.7 Å². The van der Waals surface area contributed by atoms with Gasteiger partial charge < -0.3 is 9.47 Å². The van der Waals surface area contributed by atoms with Crippen molar-refractivity contribution in [2.75, 3.05) is 11.9 Å². The van der Waals surface area contributed by atoms with Crippen molar-refractivity contribution in [3.63, 3.8) is 0 Å². The third kappa shape index (κ3) is 3.62. The molecule has 1 atom stereocenters. The van der Waals surface area contributed by atoms with Crippen molar-refractivity contribution in [1.82, 2.24) is 0 Å². The van der Waals surface area contributed by atoms with Crippen molar-refractivity contribution < 1.29 is 14.3 Å². The molecule has 0 spiro atoms. The van der Waals surface area contributed by atoms with Gasteiger partial charge in [0, 0.05) is 0 Å². The van der Waals surface area contributed by atoms with Crippen molar-refractivity contribution in [1.29, 1.82) is 0 Å². The number of anilines is 1. The van der Waals surface area contributed by atoms with Crippen molar-refractivity contribution in [3.8, 4) is 0 Å². The van der Waals surface area contributed by atoms with E-state index in [0.29, 0.717) is 10.7 Å². The fourth-order valence-electron chi connectivity index (χ4n) is 1.49. The normalized spacial score (nSPS) is 18.3. The molecule has 1 heterocycles. The maximum absolute atomic E-state index is 11.6. The van der Waals surface area contributed by atoms with Crippen LogP contribution in [0.2, 0.25) is 5.02 Å². The Labute approximate surface area is 111 Å². The van der Waals surface area contributed by atoms with Gasteiger partial charge in [-0.1, -0.05) is 17.7 Å². The van der Waals surface area contributed by atoms with Crippen LogP contribution >= 0.6 is 11.6 Å². The lowest BCUT2D eigenvalue weighted by Crippen LogP contribution is -2.27. The monoisotopic (exact) mass is 269 g/mol. The molecule has 1 amide bonds. The van der Waals surface area contributed by atoms with E-state index in [1.165, 1.54) is 0 Å². The van der Waals surface area contributed by atoms with Crippen molar-refractivity contribution >= 4 is 23.4 Å². The molecule has 1 N–H and O–H groups in total. The number of ether oxygens (including phenoxy) is 2. The molecule has 1 aliphatic rings. The molecule has 0 radical (unpaired) electrons. The van der Waals surface area contributed by atoms with Gasteiger partial charge in [-0.25, -0.2) is 4.79 Å². The van der Waals surface area contributed by atoms with E-state index in [4.69, 9.17) is 21.1 Å². The maximum Gasteiger partial charge on any atom is 0.412 e. The number of carbonyl (C=O) groups is 1. The summed E-state index contributed by atoms with van der Waals surface area (Å²) < 4.78 is 10.3. The molecular weight excluding hydrogens is 254 g/mol.